The van der Waals surface area contributed by atoms with Crippen LogP contribution in [0.25, 0.3) is 10.2 Å². The summed E-state index contributed by atoms with van der Waals surface area (Å²) < 4.78 is 25.4. The van der Waals surface area contributed by atoms with Gasteiger partial charge in [0.1, 0.15) is 11.6 Å². The lowest BCUT2D eigenvalue weighted by atomic mass is 10.2. The van der Waals surface area contributed by atoms with E-state index in [1.54, 1.807) is 12.1 Å². The lowest BCUT2D eigenvalue weighted by Crippen LogP contribution is -2.42. The van der Waals surface area contributed by atoms with Crippen LogP contribution in [-0.2, 0) is 14.8 Å². The monoisotopic (exact) mass is 393 g/mol. The molecule has 1 saturated heterocycles. The lowest BCUT2D eigenvalue weighted by Gasteiger charge is -2.20. The first-order valence-corrected chi connectivity index (χ1v) is 10.2. The zero-order valence-corrected chi connectivity index (χ0v) is 15.2. The molecule has 1 unspecified atom stereocenters. The summed E-state index contributed by atoms with van der Waals surface area (Å²) in [5, 5.41) is 3.97. The Balaban J connectivity index is 1.86. The van der Waals surface area contributed by atoms with Crippen molar-refractivity contribution in [1.82, 2.24) is 9.29 Å². The molecule has 6 nitrogen and oxygen atoms in total. The maximum atomic E-state index is 12.4. The highest BCUT2D eigenvalue weighted by molar-refractivity contribution is 7.88. The molecule has 10 heteroatoms. The maximum Gasteiger partial charge on any atom is 0.244 e. The Bertz CT molecular complexity index is 843. The highest BCUT2D eigenvalue weighted by Crippen LogP contribution is 2.36. The van der Waals surface area contributed by atoms with Crippen molar-refractivity contribution in [1.29, 1.82) is 0 Å². The quantitative estimate of drug-likeness (QED) is 0.868. The van der Waals surface area contributed by atoms with Crippen LogP contribution in [0.1, 0.15) is 12.8 Å². The lowest BCUT2D eigenvalue weighted by molar-refractivity contribution is -0.119. The van der Waals surface area contributed by atoms with Crippen LogP contribution >= 0.6 is 34.5 Å². The normalized spacial score (nSPS) is 19.3. The fourth-order valence-corrected chi connectivity index (χ4v) is 5.13. The molecule has 3 rings (SSSR count). The van der Waals surface area contributed by atoms with E-state index in [1.807, 2.05) is 0 Å². The Labute approximate surface area is 147 Å². The molecule has 0 aliphatic carbocycles. The predicted molar refractivity (Wildman–Crippen MR) is 92.8 cm³/mol. The standard InChI is InChI=1S/C13H13Cl2N3O3S2/c1-23(20,21)18-6-2-3-9(18)12(19)17-13-16-10-7(14)4-5-8(15)11(10)22-13/h4-5,9H,2-3,6H2,1H3,(H,16,17,19). The second-order valence-corrected chi connectivity index (χ2v) is 9.00. The van der Waals surface area contributed by atoms with Gasteiger partial charge >= 0.3 is 0 Å². The molecule has 124 valence electrons. The van der Waals surface area contributed by atoms with E-state index in [-0.39, 0.29) is 5.91 Å². The molecule has 1 N–H and O–H groups in total. The molecule has 1 aliphatic rings. The molecule has 1 aromatic heterocycles. The van der Waals surface area contributed by atoms with Crippen molar-refractivity contribution in [2.75, 3.05) is 18.1 Å². The van der Waals surface area contributed by atoms with E-state index in [4.69, 9.17) is 23.2 Å². The molecule has 0 bridgehead atoms. The Kier molecular flexibility index (Phi) is 4.54. The number of aromatic nitrogens is 1. The number of halogens is 2. The zero-order chi connectivity index (χ0) is 16.8. The number of hydrogen-bond acceptors (Lipinski definition) is 5. The smallest absolute Gasteiger partial charge is 0.244 e. The van der Waals surface area contributed by atoms with E-state index in [0.717, 1.165) is 6.26 Å². The van der Waals surface area contributed by atoms with Gasteiger partial charge in [-0.05, 0) is 25.0 Å². The van der Waals surface area contributed by atoms with Gasteiger partial charge in [-0.1, -0.05) is 34.5 Å². The largest absolute Gasteiger partial charge is 0.301 e. The van der Waals surface area contributed by atoms with Crippen LogP contribution in [0.2, 0.25) is 10.0 Å². The first-order chi connectivity index (χ1) is 10.8. The van der Waals surface area contributed by atoms with Crippen LogP contribution in [0.5, 0.6) is 0 Å². The highest BCUT2D eigenvalue weighted by atomic mass is 35.5. The van der Waals surface area contributed by atoms with Gasteiger partial charge in [-0.3, -0.25) is 4.79 Å². The van der Waals surface area contributed by atoms with Gasteiger partial charge in [-0.2, -0.15) is 4.31 Å². The molecule has 2 aromatic rings. The molecule has 0 radical (unpaired) electrons. The van der Waals surface area contributed by atoms with E-state index >= 15 is 0 Å². The van der Waals surface area contributed by atoms with Crippen molar-refractivity contribution in [2.45, 2.75) is 18.9 Å². The van der Waals surface area contributed by atoms with E-state index in [1.165, 1.54) is 15.6 Å². The number of carbonyl (C=O) groups excluding carboxylic acids is 1. The third kappa shape index (κ3) is 3.32. The topological polar surface area (TPSA) is 79.4 Å². The third-order valence-corrected chi connectivity index (χ3v) is 6.63. The highest BCUT2D eigenvalue weighted by Gasteiger charge is 2.36. The van der Waals surface area contributed by atoms with Crippen LogP contribution in [0.4, 0.5) is 5.13 Å². The summed E-state index contributed by atoms with van der Waals surface area (Å²) in [5.74, 6) is -0.390. The van der Waals surface area contributed by atoms with Gasteiger partial charge < -0.3 is 5.32 Å². The van der Waals surface area contributed by atoms with E-state index in [9.17, 15) is 13.2 Å². The molecule has 1 aromatic carbocycles. The number of amides is 1. The number of anilines is 1. The number of nitrogens with one attached hydrogen (secondary N) is 1. The van der Waals surface area contributed by atoms with Crippen LogP contribution < -0.4 is 5.32 Å². The number of rotatable bonds is 3. The summed E-state index contributed by atoms with van der Waals surface area (Å²) >= 11 is 13.4. The van der Waals surface area contributed by atoms with Gasteiger partial charge in [-0.25, -0.2) is 13.4 Å². The Morgan fingerprint density at radius 1 is 1.39 bits per heavy atom. The number of thiazole rings is 1. The molecule has 2 heterocycles. The van der Waals surface area contributed by atoms with Gasteiger partial charge in [0.25, 0.3) is 0 Å². The van der Waals surface area contributed by atoms with Gasteiger partial charge in [0.2, 0.25) is 15.9 Å². The van der Waals surface area contributed by atoms with Gasteiger partial charge in [0, 0.05) is 6.54 Å². The molecular weight excluding hydrogens is 381 g/mol. The summed E-state index contributed by atoms with van der Waals surface area (Å²) in [6, 6.07) is 2.60. The summed E-state index contributed by atoms with van der Waals surface area (Å²) in [7, 11) is -3.41. The van der Waals surface area contributed by atoms with Gasteiger partial charge in [0.05, 0.1) is 21.0 Å². The number of nitrogens with zero attached hydrogens (tertiary/aromatic N) is 2. The molecule has 1 fully saturated rings. The Morgan fingerprint density at radius 2 is 2.09 bits per heavy atom. The van der Waals surface area contributed by atoms with Crippen LogP contribution in [0, 0.1) is 0 Å². The fourth-order valence-electron chi connectivity index (χ4n) is 2.59. The number of benzene rings is 1. The number of hydrogen-bond donors (Lipinski definition) is 1. The van der Waals surface area contributed by atoms with Crippen molar-refractivity contribution < 1.29 is 13.2 Å². The average Bonchev–Trinajstić information content (AvgIpc) is 3.09. The Hall–Kier alpha value is -0.930. The molecule has 1 atom stereocenters. The van der Waals surface area contributed by atoms with Crippen LogP contribution in [0.15, 0.2) is 12.1 Å². The predicted octanol–water partition coefficient (Wildman–Crippen LogP) is 2.97. The minimum Gasteiger partial charge on any atom is -0.301 e. The van der Waals surface area contributed by atoms with Crippen LogP contribution in [0.3, 0.4) is 0 Å². The molecule has 23 heavy (non-hydrogen) atoms. The average molecular weight is 394 g/mol. The molecule has 0 spiro atoms. The van der Waals surface area contributed by atoms with Crippen molar-refractivity contribution in [3.05, 3.63) is 22.2 Å². The number of carbonyl (C=O) groups is 1. The van der Waals surface area contributed by atoms with Gasteiger partial charge in [0.15, 0.2) is 5.13 Å². The fraction of sp³-hybridized carbons (Fsp3) is 0.385. The van der Waals surface area contributed by atoms with E-state index in [0.29, 0.717) is 44.8 Å². The van der Waals surface area contributed by atoms with Crippen molar-refractivity contribution in [3.8, 4) is 0 Å². The molecular formula is C13H13Cl2N3O3S2. The van der Waals surface area contributed by atoms with Crippen LogP contribution in [-0.4, -0.2) is 42.5 Å². The second kappa shape index (κ2) is 6.18. The van der Waals surface area contributed by atoms with E-state index in [2.05, 4.69) is 10.3 Å². The Morgan fingerprint density at radius 3 is 2.74 bits per heavy atom. The SMILES string of the molecule is CS(=O)(=O)N1CCCC1C(=O)Nc1nc2c(Cl)ccc(Cl)c2s1. The maximum absolute atomic E-state index is 12.4. The summed E-state index contributed by atoms with van der Waals surface area (Å²) in [6.45, 7) is 0.356. The number of sulfonamides is 1. The minimum atomic E-state index is -3.41. The first kappa shape index (κ1) is 16.9. The third-order valence-electron chi connectivity index (χ3n) is 3.61. The van der Waals surface area contributed by atoms with Crippen molar-refractivity contribution >= 4 is 65.8 Å². The second-order valence-electron chi connectivity index (χ2n) is 5.25. The first-order valence-electron chi connectivity index (χ1n) is 6.79. The zero-order valence-electron chi connectivity index (χ0n) is 12.0. The molecule has 0 saturated carbocycles. The van der Waals surface area contributed by atoms with Crippen molar-refractivity contribution in [3.63, 3.8) is 0 Å². The van der Waals surface area contributed by atoms with Crippen molar-refractivity contribution in [2.24, 2.45) is 0 Å². The summed E-state index contributed by atoms with van der Waals surface area (Å²) in [6.07, 6.45) is 2.25. The van der Waals surface area contributed by atoms with Gasteiger partial charge in [-0.15, -0.1) is 0 Å². The molecule has 1 amide bonds. The van der Waals surface area contributed by atoms with E-state index < -0.39 is 16.1 Å². The molecule has 1 aliphatic heterocycles. The number of fused-ring (bicyclic) bond motifs is 1. The minimum absolute atomic E-state index is 0.348. The summed E-state index contributed by atoms with van der Waals surface area (Å²) in [5.41, 5.74) is 0.519. The summed E-state index contributed by atoms with van der Waals surface area (Å²) in [4.78, 5) is 16.7.